The molecule has 0 aliphatic heterocycles. The fourth-order valence-corrected chi connectivity index (χ4v) is 5.08. The summed E-state index contributed by atoms with van der Waals surface area (Å²) < 4.78 is 1.18. The van der Waals surface area contributed by atoms with Gasteiger partial charge in [0, 0.05) is 28.1 Å². The van der Waals surface area contributed by atoms with Gasteiger partial charge in [-0.3, -0.25) is 23.7 Å². The molecule has 0 aliphatic rings. The van der Waals surface area contributed by atoms with Crippen LogP contribution in [-0.2, 0) is 6.54 Å². The van der Waals surface area contributed by atoms with Gasteiger partial charge in [-0.2, -0.15) is 0 Å². The second kappa shape index (κ2) is 8.65. The molecule has 0 unspecified atom stereocenters. The first kappa shape index (κ1) is 22.8. The standard InChI is InChI=1S/C28H25NO6/c1-2-3-4-5-6-9-12-29-27(34)19-13-17-18(14-20(19)28(29)35)26(33)22-21(25(17)32)23(30)15-10-7-8-11-16(15)24(22)31/h7-8,10-11,13-14,32-33H,2-6,9,12H2,1H3. The van der Waals surface area contributed by atoms with E-state index in [9.17, 15) is 29.4 Å². The molecule has 1 aromatic heterocycles. The molecule has 7 heteroatoms. The predicted molar refractivity (Wildman–Crippen MR) is 139 cm³/mol. The van der Waals surface area contributed by atoms with Crippen molar-refractivity contribution in [3.8, 4) is 11.5 Å². The number of benzene rings is 4. The third-order valence-electron chi connectivity index (χ3n) is 6.95. The van der Waals surface area contributed by atoms with Crippen molar-refractivity contribution < 1.29 is 10.2 Å². The van der Waals surface area contributed by atoms with Crippen molar-refractivity contribution >= 4 is 43.1 Å². The Kier molecular flexibility index (Phi) is 5.63. The molecule has 0 radical (unpaired) electrons. The summed E-state index contributed by atoms with van der Waals surface area (Å²) in [6, 6.07) is 8.87. The molecule has 0 saturated heterocycles. The number of nitrogens with zero attached hydrogens (tertiary/aromatic N) is 1. The lowest BCUT2D eigenvalue weighted by molar-refractivity contribution is 0.478. The summed E-state index contributed by atoms with van der Waals surface area (Å²) >= 11 is 0. The number of rotatable bonds is 7. The average Bonchev–Trinajstić information content (AvgIpc) is 3.10. The van der Waals surface area contributed by atoms with E-state index in [1.54, 1.807) is 12.1 Å². The van der Waals surface area contributed by atoms with Crippen molar-refractivity contribution in [2.45, 2.75) is 52.0 Å². The summed E-state index contributed by atoms with van der Waals surface area (Å²) in [6.45, 7) is 2.43. The molecule has 0 saturated carbocycles. The molecule has 1 heterocycles. The van der Waals surface area contributed by atoms with Crippen molar-refractivity contribution in [3.05, 3.63) is 77.6 Å². The molecule has 5 rings (SSSR count). The molecule has 0 aliphatic carbocycles. The molecule has 5 aromatic rings. The van der Waals surface area contributed by atoms with Crippen LogP contribution in [0.5, 0.6) is 11.5 Å². The first-order chi connectivity index (χ1) is 16.9. The minimum atomic E-state index is -0.586. The molecule has 35 heavy (non-hydrogen) atoms. The Morgan fingerprint density at radius 2 is 1.09 bits per heavy atom. The third kappa shape index (κ3) is 3.41. The Labute approximate surface area is 199 Å². The Morgan fingerprint density at radius 3 is 1.57 bits per heavy atom. The Bertz CT molecular complexity index is 1710. The third-order valence-corrected chi connectivity index (χ3v) is 6.95. The fourth-order valence-electron chi connectivity index (χ4n) is 5.08. The monoisotopic (exact) mass is 471 g/mol. The van der Waals surface area contributed by atoms with E-state index in [0.29, 0.717) is 6.42 Å². The molecular weight excluding hydrogens is 446 g/mol. The van der Waals surface area contributed by atoms with Gasteiger partial charge in [0.15, 0.2) is 10.9 Å². The summed E-state index contributed by atoms with van der Waals surface area (Å²) in [5.41, 5.74) is -2.11. The van der Waals surface area contributed by atoms with Gasteiger partial charge in [0.2, 0.25) is 0 Å². The summed E-state index contributed by atoms with van der Waals surface area (Å²) in [5.74, 6) is -0.976. The summed E-state index contributed by atoms with van der Waals surface area (Å²) in [6.07, 6.45) is 6.06. The number of fused-ring (bicyclic) bond motifs is 4. The van der Waals surface area contributed by atoms with E-state index >= 15 is 0 Å². The number of phenolic OH excluding ortho intramolecular Hbond substituents is 2. The largest absolute Gasteiger partial charge is 0.506 e. The van der Waals surface area contributed by atoms with Gasteiger partial charge in [0.25, 0.3) is 11.1 Å². The van der Waals surface area contributed by atoms with E-state index in [0.717, 1.165) is 32.1 Å². The molecule has 2 N–H and O–H groups in total. The topological polar surface area (TPSA) is 114 Å². The van der Waals surface area contributed by atoms with Crippen molar-refractivity contribution in [2.24, 2.45) is 0 Å². The number of aromatic nitrogens is 1. The summed E-state index contributed by atoms with van der Waals surface area (Å²) in [4.78, 5) is 52.3. The van der Waals surface area contributed by atoms with E-state index in [1.807, 2.05) is 0 Å². The van der Waals surface area contributed by atoms with Crippen LogP contribution in [0.4, 0.5) is 0 Å². The van der Waals surface area contributed by atoms with Gasteiger partial charge in [-0.25, -0.2) is 0 Å². The maximum Gasteiger partial charge on any atom is 0.261 e. The first-order valence-electron chi connectivity index (χ1n) is 12.0. The predicted octanol–water partition coefficient (Wildman–Crippen LogP) is 4.19. The minimum absolute atomic E-state index is 0.0445. The normalized spacial score (nSPS) is 11.9. The lowest BCUT2D eigenvalue weighted by atomic mass is 9.95. The van der Waals surface area contributed by atoms with Crippen molar-refractivity contribution in [2.75, 3.05) is 0 Å². The molecule has 0 fully saturated rings. The zero-order valence-corrected chi connectivity index (χ0v) is 19.4. The second-order valence-corrected chi connectivity index (χ2v) is 9.12. The fraction of sp³-hybridized carbons (Fsp3) is 0.286. The number of hydrogen-bond acceptors (Lipinski definition) is 6. The highest BCUT2D eigenvalue weighted by Gasteiger charge is 2.23. The smallest absolute Gasteiger partial charge is 0.261 e. The van der Waals surface area contributed by atoms with E-state index in [2.05, 4.69) is 6.92 Å². The van der Waals surface area contributed by atoms with Gasteiger partial charge < -0.3 is 10.2 Å². The summed E-state index contributed by atoms with van der Waals surface area (Å²) in [5, 5.41) is 22.1. The van der Waals surface area contributed by atoms with Crippen molar-refractivity contribution in [1.29, 1.82) is 0 Å². The van der Waals surface area contributed by atoms with Crippen LogP contribution in [0.2, 0.25) is 0 Å². The molecule has 178 valence electrons. The number of aromatic hydroxyl groups is 2. The lowest BCUT2D eigenvalue weighted by Crippen LogP contribution is -2.25. The highest BCUT2D eigenvalue weighted by molar-refractivity contribution is 6.16. The SMILES string of the molecule is CCCCCCCCn1c(=O)c2cc3c(O)c4c(=O)c5ccccc5c(=O)c4c(O)c3cc2c1=O. The van der Waals surface area contributed by atoms with E-state index in [4.69, 9.17) is 0 Å². The number of unbranched alkanes of at least 4 members (excludes halogenated alkanes) is 5. The molecular formula is C28H25NO6. The zero-order valence-electron chi connectivity index (χ0n) is 19.4. The maximum absolute atomic E-state index is 13.1. The molecule has 0 spiro atoms. The van der Waals surface area contributed by atoms with E-state index in [1.165, 1.54) is 28.8 Å². The molecule has 4 aromatic carbocycles. The molecule has 7 nitrogen and oxygen atoms in total. The average molecular weight is 472 g/mol. The zero-order chi connectivity index (χ0) is 24.9. The van der Waals surface area contributed by atoms with Crippen molar-refractivity contribution in [3.63, 3.8) is 0 Å². The van der Waals surface area contributed by atoms with Gasteiger partial charge in [-0.1, -0.05) is 63.3 Å². The number of phenols is 2. The maximum atomic E-state index is 13.1. The van der Waals surface area contributed by atoms with Gasteiger partial charge in [0.1, 0.15) is 11.5 Å². The van der Waals surface area contributed by atoms with Gasteiger partial charge >= 0.3 is 0 Å². The van der Waals surface area contributed by atoms with E-state index < -0.39 is 33.5 Å². The Balaban J connectivity index is 1.73. The first-order valence-corrected chi connectivity index (χ1v) is 12.0. The van der Waals surface area contributed by atoms with Crippen LogP contribution in [0.3, 0.4) is 0 Å². The summed E-state index contributed by atoms with van der Waals surface area (Å²) in [7, 11) is 0. The minimum Gasteiger partial charge on any atom is -0.506 e. The van der Waals surface area contributed by atoms with Crippen LogP contribution in [-0.4, -0.2) is 14.8 Å². The van der Waals surface area contributed by atoms with Crippen LogP contribution in [0.25, 0.3) is 43.1 Å². The highest BCUT2D eigenvalue weighted by atomic mass is 16.3. The molecule has 0 amide bonds. The highest BCUT2D eigenvalue weighted by Crippen LogP contribution is 2.40. The lowest BCUT2D eigenvalue weighted by Gasteiger charge is -2.10. The molecule has 0 atom stereocenters. The van der Waals surface area contributed by atoms with Crippen LogP contribution >= 0.6 is 0 Å². The Hall–Kier alpha value is -4.00. The van der Waals surface area contributed by atoms with Crippen LogP contribution in [0.15, 0.2) is 55.6 Å². The van der Waals surface area contributed by atoms with Crippen LogP contribution in [0.1, 0.15) is 45.4 Å². The van der Waals surface area contributed by atoms with Gasteiger partial charge in [-0.05, 0) is 18.6 Å². The van der Waals surface area contributed by atoms with Crippen molar-refractivity contribution in [1.82, 2.24) is 4.57 Å². The van der Waals surface area contributed by atoms with Crippen LogP contribution in [0, 0.1) is 0 Å². The molecule has 0 bridgehead atoms. The van der Waals surface area contributed by atoms with E-state index in [-0.39, 0.29) is 49.6 Å². The quantitative estimate of drug-likeness (QED) is 0.209. The number of hydrogen-bond donors (Lipinski definition) is 2. The second-order valence-electron chi connectivity index (χ2n) is 9.12. The van der Waals surface area contributed by atoms with Gasteiger partial charge in [0.05, 0.1) is 21.5 Å². The van der Waals surface area contributed by atoms with Gasteiger partial charge in [-0.15, -0.1) is 0 Å². The Morgan fingerprint density at radius 1 is 0.629 bits per heavy atom. The van der Waals surface area contributed by atoms with Crippen LogP contribution < -0.4 is 22.0 Å².